The number of phenols is 1. The number of hydrogen-bond donors (Lipinski definition) is 2. The van der Waals surface area contributed by atoms with Gasteiger partial charge in [0.25, 0.3) is 0 Å². The molecule has 1 aromatic carbocycles. The fourth-order valence-electron chi connectivity index (χ4n) is 1.40. The molecule has 0 aliphatic heterocycles. The summed E-state index contributed by atoms with van der Waals surface area (Å²) >= 11 is 0. The van der Waals surface area contributed by atoms with Crippen molar-refractivity contribution < 1.29 is 23.8 Å². The van der Waals surface area contributed by atoms with E-state index in [1.54, 1.807) is 13.8 Å². The third kappa shape index (κ3) is 3.30. The van der Waals surface area contributed by atoms with Gasteiger partial charge >= 0.3 is 7.60 Å². The van der Waals surface area contributed by atoms with E-state index in [9.17, 15) is 9.67 Å². The second-order valence-corrected chi connectivity index (χ2v) is 5.33. The molecule has 0 unspecified atom stereocenters. The number of benzene rings is 1. The summed E-state index contributed by atoms with van der Waals surface area (Å²) in [5.41, 5.74) is 0.294. The van der Waals surface area contributed by atoms with Gasteiger partial charge in [-0.05, 0) is 32.0 Å². The first-order valence-electron chi connectivity index (χ1n) is 5.39. The Morgan fingerprint density at radius 1 is 1.24 bits per heavy atom. The lowest BCUT2D eigenvalue weighted by Gasteiger charge is -2.17. The predicted octanol–water partition coefficient (Wildman–Crippen LogP) is 1.78. The molecule has 0 saturated heterocycles. The Bertz CT molecular complexity index is 408. The molecule has 5 nitrogen and oxygen atoms in total. The van der Waals surface area contributed by atoms with Crippen molar-refractivity contribution in [3.8, 4) is 5.75 Å². The first-order valence-corrected chi connectivity index (χ1v) is 6.94. The molecule has 0 spiro atoms. The molecule has 2 N–H and O–H groups in total. The average Bonchev–Trinajstić information content (AvgIpc) is 2.30. The van der Waals surface area contributed by atoms with Crippen molar-refractivity contribution in [3.05, 3.63) is 23.8 Å². The Morgan fingerprint density at radius 2 is 1.82 bits per heavy atom. The van der Waals surface area contributed by atoms with Crippen LogP contribution in [0.5, 0.6) is 5.75 Å². The average molecular weight is 260 g/mol. The van der Waals surface area contributed by atoms with Gasteiger partial charge in [0.05, 0.1) is 25.1 Å². The Hall–Kier alpha value is -0.870. The van der Waals surface area contributed by atoms with Crippen LogP contribution in [0.25, 0.3) is 0 Å². The summed E-state index contributed by atoms with van der Waals surface area (Å²) in [6, 6.07) is 4.27. The molecule has 0 radical (unpaired) electrons. The molecule has 1 aromatic rings. The van der Waals surface area contributed by atoms with Crippen molar-refractivity contribution in [1.29, 1.82) is 0 Å². The first kappa shape index (κ1) is 14.2. The standard InChI is InChI=1S/C11H17O5P/c1-3-15-17(14,16-4-2)10-5-6-11(13)9(7-10)8-12/h5-7,12-13H,3-4,8H2,1-2H3. The zero-order chi connectivity index (χ0) is 12.9. The van der Waals surface area contributed by atoms with Gasteiger partial charge in [0.2, 0.25) is 0 Å². The minimum absolute atomic E-state index is 0.0456. The molecule has 0 aliphatic rings. The lowest BCUT2D eigenvalue weighted by molar-refractivity contribution is 0.230. The predicted molar refractivity (Wildman–Crippen MR) is 64.5 cm³/mol. The van der Waals surface area contributed by atoms with Gasteiger partial charge in [-0.2, -0.15) is 0 Å². The van der Waals surface area contributed by atoms with Crippen molar-refractivity contribution >= 4 is 12.9 Å². The molecule has 0 saturated carbocycles. The van der Waals surface area contributed by atoms with Gasteiger partial charge in [0.15, 0.2) is 0 Å². The quantitative estimate of drug-likeness (QED) is 0.762. The summed E-state index contributed by atoms with van der Waals surface area (Å²) in [7, 11) is -3.35. The van der Waals surface area contributed by atoms with E-state index in [0.717, 1.165) is 0 Å². The van der Waals surface area contributed by atoms with Gasteiger partial charge in [-0.15, -0.1) is 0 Å². The largest absolute Gasteiger partial charge is 0.508 e. The van der Waals surface area contributed by atoms with Crippen molar-refractivity contribution in [1.82, 2.24) is 0 Å². The lowest BCUT2D eigenvalue weighted by atomic mass is 10.2. The van der Waals surface area contributed by atoms with Gasteiger partial charge < -0.3 is 19.3 Å². The van der Waals surface area contributed by atoms with E-state index in [-0.39, 0.29) is 25.6 Å². The Kier molecular flexibility index (Phi) is 5.15. The molecule has 0 atom stereocenters. The topological polar surface area (TPSA) is 76.0 Å². The fourth-order valence-corrected chi connectivity index (χ4v) is 3.02. The van der Waals surface area contributed by atoms with Gasteiger partial charge in [-0.25, -0.2) is 0 Å². The molecule has 0 aliphatic carbocycles. The second-order valence-electron chi connectivity index (χ2n) is 3.30. The van der Waals surface area contributed by atoms with E-state index in [1.165, 1.54) is 18.2 Å². The lowest BCUT2D eigenvalue weighted by Crippen LogP contribution is -2.11. The summed E-state index contributed by atoms with van der Waals surface area (Å²) < 4.78 is 22.7. The van der Waals surface area contributed by atoms with E-state index >= 15 is 0 Å². The van der Waals surface area contributed by atoms with Gasteiger partial charge in [-0.3, -0.25) is 4.57 Å². The zero-order valence-corrected chi connectivity index (χ0v) is 10.8. The van der Waals surface area contributed by atoms with Gasteiger partial charge in [-0.1, -0.05) is 0 Å². The first-order chi connectivity index (χ1) is 8.07. The van der Waals surface area contributed by atoms with Crippen molar-refractivity contribution in [3.63, 3.8) is 0 Å². The number of aromatic hydroxyl groups is 1. The van der Waals surface area contributed by atoms with Crippen LogP contribution < -0.4 is 5.30 Å². The number of rotatable bonds is 6. The molecule has 0 aromatic heterocycles. The van der Waals surface area contributed by atoms with Crippen LogP contribution in [0.3, 0.4) is 0 Å². The summed E-state index contributed by atoms with van der Waals surface area (Å²) in [5.74, 6) is -0.0456. The highest BCUT2D eigenvalue weighted by Crippen LogP contribution is 2.47. The maximum Gasteiger partial charge on any atom is 0.361 e. The van der Waals surface area contributed by atoms with E-state index < -0.39 is 7.60 Å². The molecule has 17 heavy (non-hydrogen) atoms. The van der Waals surface area contributed by atoms with E-state index in [2.05, 4.69) is 0 Å². The maximum absolute atomic E-state index is 12.4. The third-order valence-electron chi connectivity index (χ3n) is 2.15. The van der Waals surface area contributed by atoms with E-state index in [0.29, 0.717) is 10.9 Å². The number of aliphatic hydroxyl groups is 1. The zero-order valence-electron chi connectivity index (χ0n) is 9.92. The Morgan fingerprint density at radius 3 is 2.29 bits per heavy atom. The highest BCUT2D eigenvalue weighted by atomic mass is 31.2. The highest BCUT2D eigenvalue weighted by Gasteiger charge is 2.27. The van der Waals surface area contributed by atoms with E-state index in [4.69, 9.17) is 14.2 Å². The maximum atomic E-state index is 12.4. The van der Waals surface area contributed by atoms with Crippen LogP contribution in [-0.2, 0) is 20.2 Å². The van der Waals surface area contributed by atoms with Crippen LogP contribution >= 0.6 is 7.60 Å². The summed E-state index contributed by atoms with van der Waals surface area (Å²) in [4.78, 5) is 0. The summed E-state index contributed by atoms with van der Waals surface area (Å²) in [6.07, 6.45) is 0. The fraction of sp³-hybridized carbons (Fsp3) is 0.455. The molecular weight excluding hydrogens is 243 g/mol. The SMILES string of the molecule is CCOP(=O)(OCC)c1ccc(O)c(CO)c1. The Labute approximate surface area is 101 Å². The molecular formula is C11H17O5P. The third-order valence-corrected chi connectivity index (χ3v) is 4.25. The molecule has 0 bridgehead atoms. The van der Waals surface area contributed by atoms with Gasteiger partial charge in [0.1, 0.15) is 5.75 Å². The molecule has 0 amide bonds. The second kappa shape index (κ2) is 6.17. The Balaban J connectivity index is 3.14. The van der Waals surface area contributed by atoms with Crippen LogP contribution in [0.2, 0.25) is 0 Å². The molecule has 0 fully saturated rings. The number of aliphatic hydroxyl groups excluding tert-OH is 1. The minimum Gasteiger partial charge on any atom is -0.508 e. The van der Waals surface area contributed by atoms with Crippen LogP contribution in [0.15, 0.2) is 18.2 Å². The monoisotopic (exact) mass is 260 g/mol. The summed E-state index contributed by atoms with van der Waals surface area (Å²) in [5, 5.41) is 18.8. The van der Waals surface area contributed by atoms with Crippen LogP contribution in [-0.4, -0.2) is 23.4 Å². The minimum atomic E-state index is -3.35. The highest BCUT2D eigenvalue weighted by molar-refractivity contribution is 7.62. The molecule has 96 valence electrons. The number of hydrogen-bond acceptors (Lipinski definition) is 5. The molecule has 1 rings (SSSR count). The van der Waals surface area contributed by atoms with E-state index in [1.807, 2.05) is 0 Å². The van der Waals surface area contributed by atoms with Crippen LogP contribution in [0.4, 0.5) is 0 Å². The van der Waals surface area contributed by atoms with Crippen LogP contribution in [0, 0.1) is 0 Å². The van der Waals surface area contributed by atoms with Crippen molar-refractivity contribution in [2.75, 3.05) is 13.2 Å². The summed E-state index contributed by atoms with van der Waals surface area (Å²) in [6.45, 7) is 3.62. The van der Waals surface area contributed by atoms with Crippen molar-refractivity contribution in [2.45, 2.75) is 20.5 Å². The normalized spacial score (nSPS) is 11.7. The molecule has 6 heteroatoms. The van der Waals surface area contributed by atoms with Gasteiger partial charge in [0, 0.05) is 5.56 Å². The smallest absolute Gasteiger partial charge is 0.361 e. The molecule has 0 heterocycles. The van der Waals surface area contributed by atoms with Crippen molar-refractivity contribution in [2.24, 2.45) is 0 Å². The van der Waals surface area contributed by atoms with Crippen LogP contribution in [0.1, 0.15) is 19.4 Å².